The molecule has 0 unspecified atom stereocenters. The standard InChI is InChI=1S/C12H11N3O5S.2Na/c16-11(17)8-20-9-6-13-12(14-7-9)15-21(18,19)10-4-2-1-3-5-10;;/h1-7H,8H2,(H,16,17)(H,13,14,15);;/q;2*+1/p-1. The van der Waals surface area contributed by atoms with Crippen molar-refractivity contribution in [3.8, 4) is 5.75 Å². The number of hydrogen-bond acceptors (Lipinski definition) is 7. The quantitative estimate of drug-likeness (QED) is 0.512. The first-order chi connectivity index (χ1) is 9.97. The Hall–Kier alpha value is -0.680. The van der Waals surface area contributed by atoms with Crippen LogP contribution in [0, 0.1) is 0 Å². The average Bonchev–Trinajstić information content (AvgIpc) is 2.47. The Bertz CT molecular complexity index is 726. The van der Waals surface area contributed by atoms with Crippen molar-refractivity contribution in [1.29, 1.82) is 0 Å². The molecule has 0 aliphatic rings. The predicted molar refractivity (Wildman–Crippen MR) is 69.8 cm³/mol. The van der Waals surface area contributed by atoms with E-state index < -0.39 is 22.6 Å². The molecule has 2 aromatic rings. The molecule has 11 heteroatoms. The molecule has 1 N–H and O–H groups in total. The number of rotatable bonds is 6. The molecule has 110 valence electrons. The van der Waals surface area contributed by atoms with Gasteiger partial charge < -0.3 is 14.6 Å². The Balaban J connectivity index is 0.00000242. The normalized spacial score (nSPS) is 9.91. The van der Waals surface area contributed by atoms with Gasteiger partial charge in [0.05, 0.1) is 23.3 Å². The minimum atomic E-state index is -3.77. The number of aromatic nitrogens is 2. The van der Waals surface area contributed by atoms with Crippen LogP contribution < -0.4 is 73.7 Å². The molecule has 1 heterocycles. The minimum absolute atomic E-state index is 0. The van der Waals surface area contributed by atoms with Gasteiger partial charge in [-0.1, -0.05) is 18.2 Å². The van der Waals surface area contributed by atoms with Gasteiger partial charge in [-0.3, -0.25) is 0 Å². The zero-order valence-electron chi connectivity index (χ0n) is 12.6. The van der Waals surface area contributed by atoms with Gasteiger partial charge >= 0.3 is 59.1 Å². The number of benzene rings is 1. The Kier molecular flexibility index (Phi) is 9.94. The van der Waals surface area contributed by atoms with E-state index in [0.717, 1.165) is 12.4 Å². The minimum Gasteiger partial charge on any atom is -0.546 e. The summed E-state index contributed by atoms with van der Waals surface area (Å²) >= 11 is 0. The number of carboxylic acids is 1. The molecule has 1 aromatic heterocycles. The molecular weight excluding hydrogens is 344 g/mol. The van der Waals surface area contributed by atoms with Crippen molar-refractivity contribution < 1.29 is 82.2 Å². The van der Waals surface area contributed by atoms with E-state index in [1.54, 1.807) is 18.2 Å². The molecule has 0 spiro atoms. The first-order valence-electron chi connectivity index (χ1n) is 5.70. The summed E-state index contributed by atoms with van der Waals surface area (Å²) in [6, 6.07) is 7.73. The third-order valence-corrected chi connectivity index (χ3v) is 3.61. The zero-order chi connectivity index (χ0) is 15.3. The number of aliphatic carboxylic acids is 1. The largest absolute Gasteiger partial charge is 1.00 e. The molecule has 0 atom stereocenters. The Morgan fingerprint density at radius 1 is 1.13 bits per heavy atom. The fourth-order valence-corrected chi connectivity index (χ4v) is 2.34. The van der Waals surface area contributed by atoms with Crippen molar-refractivity contribution in [2.24, 2.45) is 0 Å². The summed E-state index contributed by atoms with van der Waals surface area (Å²) in [5.41, 5.74) is 0. The van der Waals surface area contributed by atoms with Gasteiger partial charge in [-0.25, -0.2) is 23.1 Å². The first kappa shape index (κ1) is 22.3. The number of carbonyl (C=O) groups is 1. The third-order valence-electron chi connectivity index (χ3n) is 2.26. The summed E-state index contributed by atoms with van der Waals surface area (Å²) in [6.45, 7) is -0.640. The predicted octanol–water partition coefficient (Wildman–Crippen LogP) is -6.59. The van der Waals surface area contributed by atoms with Crippen LogP contribution in [0.3, 0.4) is 0 Å². The number of nitrogens with one attached hydrogen (secondary N) is 1. The number of ether oxygens (including phenoxy) is 1. The average molecular weight is 354 g/mol. The van der Waals surface area contributed by atoms with E-state index in [1.165, 1.54) is 12.1 Å². The third kappa shape index (κ3) is 7.17. The molecular formula is C12H10N3Na2O5S+. The van der Waals surface area contributed by atoms with Gasteiger partial charge in [0.25, 0.3) is 10.0 Å². The smallest absolute Gasteiger partial charge is 0.546 e. The van der Waals surface area contributed by atoms with Crippen LogP contribution in [0.5, 0.6) is 5.75 Å². The topological polar surface area (TPSA) is 121 Å². The number of carboxylic acid groups (broad SMARTS) is 1. The SMILES string of the molecule is O=C([O-])COc1cnc(NS(=O)(=O)c2ccccc2)nc1.[Na+].[Na+]. The van der Waals surface area contributed by atoms with Crippen LogP contribution >= 0.6 is 0 Å². The molecule has 23 heavy (non-hydrogen) atoms. The van der Waals surface area contributed by atoms with Crippen LogP contribution in [-0.4, -0.2) is 31.0 Å². The molecule has 0 saturated carbocycles. The second kappa shape index (κ2) is 10.2. The fourth-order valence-electron chi connectivity index (χ4n) is 1.36. The van der Waals surface area contributed by atoms with E-state index in [9.17, 15) is 18.3 Å². The maximum Gasteiger partial charge on any atom is 1.00 e. The van der Waals surface area contributed by atoms with Crippen molar-refractivity contribution in [2.75, 3.05) is 11.3 Å². The first-order valence-corrected chi connectivity index (χ1v) is 7.18. The molecule has 0 amide bonds. The molecule has 8 nitrogen and oxygen atoms in total. The van der Waals surface area contributed by atoms with E-state index in [2.05, 4.69) is 14.7 Å². The van der Waals surface area contributed by atoms with Crippen molar-refractivity contribution in [1.82, 2.24) is 9.97 Å². The second-order valence-electron chi connectivity index (χ2n) is 3.82. The summed E-state index contributed by atoms with van der Waals surface area (Å²) in [5.74, 6) is -1.45. The van der Waals surface area contributed by atoms with Gasteiger partial charge in [-0.15, -0.1) is 0 Å². The Morgan fingerprint density at radius 3 is 2.22 bits per heavy atom. The van der Waals surface area contributed by atoms with E-state index in [1.807, 2.05) is 0 Å². The molecule has 1 aromatic carbocycles. The Morgan fingerprint density at radius 2 is 1.70 bits per heavy atom. The monoisotopic (exact) mass is 354 g/mol. The molecule has 2 rings (SSSR count). The van der Waals surface area contributed by atoms with Gasteiger partial charge in [0.2, 0.25) is 5.95 Å². The van der Waals surface area contributed by atoms with Crippen molar-refractivity contribution >= 4 is 21.9 Å². The summed E-state index contributed by atoms with van der Waals surface area (Å²) in [4.78, 5) is 17.7. The van der Waals surface area contributed by atoms with E-state index in [-0.39, 0.29) is 75.7 Å². The molecule has 0 aliphatic heterocycles. The van der Waals surface area contributed by atoms with E-state index in [4.69, 9.17) is 4.74 Å². The number of anilines is 1. The summed E-state index contributed by atoms with van der Waals surface area (Å²) in [7, 11) is -3.77. The van der Waals surface area contributed by atoms with Crippen LogP contribution in [0.4, 0.5) is 5.95 Å². The summed E-state index contributed by atoms with van der Waals surface area (Å²) < 4.78 is 31.0. The van der Waals surface area contributed by atoms with Crippen molar-refractivity contribution in [3.05, 3.63) is 42.7 Å². The Labute approximate surface area is 177 Å². The van der Waals surface area contributed by atoms with Gasteiger partial charge in [-0.2, -0.15) is 0 Å². The molecule has 0 bridgehead atoms. The molecule has 0 fully saturated rings. The van der Waals surface area contributed by atoms with Crippen LogP contribution in [-0.2, 0) is 14.8 Å². The number of sulfonamides is 1. The van der Waals surface area contributed by atoms with E-state index in [0.29, 0.717) is 0 Å². The van der Waals surface area contributed by atoms with Gasteiger partial charge in [0.1, 0.15) is 6.61 Å². The number of hydrogen-bond donors (Lipinski definition) is 1. The summed E-state index contributed by atoms with van der Waals surface area (Å²) in [5, 5.41) is 10.2. The van der Waals surface area contributed by atoms with Gasteiger partial charge in [0.15, 0.2) is 5.75 Å². The number of carbonyl (C=O) groups excluding carboxylic acids is 1. The van der Waals surface area contributed by atoms with Crippen LogP contribution in [0.2, 0.25) is 0 Å². The second-order valence-corrected chi connectivity index (χ2v) is 5.50. The molecule has 0 radical (unpaired) electrons. The fraction of sp³-hybridized carbons (Fsp3) is 0.0833. The van der Waals surface area contributed by atoms with Crippen molar-refractivity contribution in [2.45, 2.75) is 4.90 Å². The van der Waals surface area contributed by atoms with E-state index >= 15 is 0 Å². The molecule has 0 aliphatic carbocycles. The van der Waals surface area contributed by atoms with Crippen molar-refractivity contribution in [3.63, 3.8) is 0 Å². The summed E-state index contributed by atoms with van der Waals surface area (Å²) in [6.07, 6.45) is 2.30. The molecule has 0 saturated heterocycles. The number of nitrogens with zero attached hydrogens (tertiary/aromatic N) is 2. The van der Waals surface area contributed by atoms with Gasteiger partial charge in [0, 0.05) is 0 Å². The zero-order valence-corrected chi connectivity index (χ0v) is 17.4. The maximum atomic E-state index is 12.0. The van der Waals surface area contributed by atoms with Crippen LogP contribution in [0.25, 0.3) is 0 Å². The van der Waals surface area contributed by atoms with Crippen LogP contribution in [0.1, 0.15) is 0 Å². The van der Waals surface area contributed by atoms with Crippen LogP contribution in [0.15, 0.2) is 47.6 Å². The maximum absolute atomic E-state index is 12.0. The van der Waals surface area contributed by atoms with Gasteiger partial charge in [-0.05, 0) is 12.1 Å².